The number of aromatic nitrogens is 5. The predicted molar refractivity (Wildman–Crippen MR) is 106 cm³/mol. The van der Waals surface area contributed by atoms with Crippen molar-refractivity contribution < 1.29 is 22.0 Å². The first-order chi connectivity index (χ1) is 15.3. The minimum absolute atomic E-state index is 0.163. The average Bonchev–Trinajstić information content (AvgIpc) is 3.41. The molecule has 170 valence electrons. The molecule has 32 heavy (non-hydrogen) atoms. The molecule has 5 rings (SSSR count). The molecule has 0 spiro atoms. The largest absolute Gasteiger partial charge is 0.433 e. The monoisotopic (exact) mass is 453 g/mol. The smallest absolute Gasteiger partial charge is 0.370 e. The lowest BCUT2D eigenvalue weighted by Gasteiger charge is -2.22. The highest BCUT2D eigenvalue weighted by atomic mass is 19.4. The Balaban J connectivity index is 1.21. The number of hydrogen-bond acceptors (Lipinski definition) is 6. The maximum absolute atomic E-state index is 12.7. The zero-order valence-electron chi connectivity index (χ0n) is 16.8. The number of halogens is 5. The SMILES string of the molecule is FC(F)Cn1ncc2ncc(NC3CC4CN(c5ccc(C(F)(F)F)nc5)CC4C3)nc21. The number of nitrogens with zero attached hydrogens (tertiary/aromatic N) is 6. The fourth-order valence-electron chi connectivity index (χ4n) is 4.76. The van der Waals surface area contributed by atoms with E-state index in [0.717, 1.165) is 36.7 Å². The minimum Gasteiger partial charge on any atom is -0.370 e. The van der Waals surface area contributed by atoms with Crippen molar-refractivity contribution >= 4 is 22.7 Å². The fourth-order valence-corrected chi connectivity index (χ4v) is 4.76. The van der Waals surface area contributed by atoms with E-state index in [2.05, 4.69) is 30.3 Å². The molecule has 3 aromatic heterocycles. The Hall–Kier alpha value is -3.05. The summed E-state index contributed by atoms with van der Waals surface area (Å²) in [6, 6.07) is 2.65. The van der Waals surface area contributed by atoms with Gasteiger partial charge in [-0.15, -0.1) is 0 Å². The molecule has 4 heterocycles. The average molecular weight is 453 g/mol. The van der Waals surface area contributed by atoms with Gasteiger partial charge >= 0.3 is 6.18 Å². The number of nitrogens with one attached hydrogen (secondary N) is 1. The van der Waals surface area contributed by atoms with Crippen molar-refractivity contribution in [1.82, 2.24) is 24.7 Å². The van der Waals surface area contributed by atoms with Gasteiger partial charge in [-0.25, -0.2) is 28.4 Å². The van der Waals surface area contributed by atoms with E-state index in [0.29, 0.717) is 34.5 Å². The maximum Gasteiger partial charge on any atom is 0.433 e. The van der Waals surface area contributed by atoms with E-state index in [1.54, 1.807) is 6.20 Å². The summed E-state index contributed by atoms with van der Waals surface area (Å²) in [6.07, 6.45) is -0.941. The summed E-state index contributed by atoms with van der Waals surface area (Å²) in [6.45, 7) is 0.966. The van der Waals surface area contributed by atoms with Crippen molar-refractivity contribution in [1.29, 1.82) is 0 Å². The number of hydrogen-bond donors (Lipinski definition) is 1. The first-order valence-corrected chi connectivity index (χ1v) is 10.3. The lowest BCUT2D eigenvalue weighted by molar-refractivity contribution is -0.141. The van der Waals surface area contributed by atoms with E-state index in [1.807, 2.05) is 0 Å². The van der Waals surface area contributed by atoms with Gasteiger partial charge in [0.15, 0.2) is 5.65 Å². The van der Waals surface area contributed by atoms with E-state index in [4.69, 9.17) is 0 Å². The van der Waals surface area contributed by atoms with Crippen LogP contribution in [0, 0.1) is 11.8 Å². The normalized spacial score (nSPS) is 23.3. The Kier molecular flexibility index (Phi) is 5.09. The second-order valence-electron chi connectivity index (χ2n) is 8.32. The van der Waals surface area contributed by atoms with Crippen molar-refractivity contribution in [3.63, 3.8) is 0 Å². The molecule has 1 aliphatic heterocycles. The van der Waals surface area contributed by atoms with Crippen molar-refractivity contribution in [3.05, 3.63) is 36.4 Å². The van der Waals surface area contributed by atoms with Crippen molar-refractivity contribution in [2.75, 3.05) is 23.3 Å². The van der Waals surface area contributed by atoms with Gasteiger partial charge in [-0.2, -0.15) is 18.3 Å². The molecule has 1 aliphatic carbocycles. The number of alkyl halides is 5. The lowest BCUT2D eigenvalue weighted by atomic mass is 10.0. The van der Waals surface area contributed by atoms with E-state index < -0.39 is 24.8 Å². The molecule has 3 aromatic rings. The van der Waals surface area contributed by atoms with E-state index in [-0.39, 0.29) is 6.04 Å². The molecule has 12 heteroatoms. The highest BCUT2D eigenvalue weighted by Gasteiger charge is 2.41. The Morgan fingerprint density at radius 3 is 2.41 bits per heavy atom. The summed E-state index contributed by atoms with van der Waals surface area (Å²) in [5, 5.41) is 7.27. The summed E-state index contributed by atoms with van der Waals surface area (Å²) in [7, 11) is 0. The molecule has 7 nitrogen and oxygen atoms in total. The second-order valence-corrected chi connectivity index (χ2v) is 8.32. The molecular formula is C20H20F5N7. The standard InChI is InChI=1S/C20H20F5N7/c21-17(22)10-32-19-15(6-28-32)26-7-18(30-19)29-13-3-11-8-31(9-12(11)4-13)14-1-2-16(27-5-14)20(23,24)25/h1-2,5-7,11-13,17H,3-4,8-10H2,(H,29,30). The Morgan fingerprint density at radius 1 is 1.03 bits per heavy atom. The molecule has 2 atom stereocenters. The van der Waals surface area contributed by atoms with E-state index >= 15 is 0 Å². The van der Waals surface area contributed by atoms with Gasteiger partial charge < -0.3 is 10.2 Å². The van der Waals surface area contributed by atoms with Gasteiger partial charge in [0, 0.05) is 19.1 Å². The van der Waals surface area contributed by atoms with Crippen molar-refractivity contribution in [2.24, 2.45) is 11.8 Å². The van der Waals surface area contributed by atoms with Gasteiger partial charge in [0.25, 0.3) is 6.43 Å². The lowest BCUT2D eigenvalue weighted by Crippen LogP contribution is -2.25. The quantitative estimate of drug-likeness (QED) is 0.592. The third-order valence-corrected chi connectivity index (χ3v) is 6.16. The van der Waals surface area contributed by atoms with E-state index in [1.165, 1.54) is 18.5 Å². The topological polar surface area (TPSA) is 71.8 Å². The molecule has 2 unspecified atom stereocenters. The van der Waals surface area contributed by atoms with Crippen LogP contribution in [0.25, 0.3) is 11.2 Å². The van der Waals surface area contributed by atoms with Gasteiger partial charge in [0.2, 0.25) is 0 Å². The van der Waals surface area contributed by atoms with Gasteiger partial charge in [-0.1, -0.05) is 0 Å². The molecule has 0 radical (unpaired) electrons. The fraction of sp³-hybridized carbons (Fsp3) is 0.500. The maximum atomic E-state index is 12.7. The summed E-state index contributed by atoms with van der Waals surface area (Å²) < 4.78 is 64.8. The van der Waals surface area contributed by atoms with Crippen molar-refractivity contribution in [3.8, 4) is 0 Å². The van der Waals surface area contributed by atoms with Crippen LogP contribution in [0.4, 0.5) is 33.5 Å². The van der Waals surface area contributed by atoms with Crippen LogP contribution in [0.15, 0.2) is 30.7 Å². The van der Waals surface area contributed by atoms with Crippen LogP contribution >= 0.6 is 0 Å². The molecule has 2 fully saturated rings. The van der Waals surface area contributed by atoms with Crippen LogP contribution in [0.3, 0.4) is 0 Å². The van der Waals surface area contributed by atoms with Gasteiger partial charge in [-0.05, 0) is 36.8 Å². The Labute approximate surface area is 179 Å². The molecule has 0 amide bonds. The number of pyridine rings is 1. The molecule has 2 aliphatic rings. The Morgan fingerprint density at radius 2 is 1.78 bits per heavy atom. The summed E-state index contributed by atoms with van der Waals surface area (Å²) in [5.74, 6) is 1.31. The predicted octanol–water partition coefficient (Wildman–Crippen LogP) is 3.83. The number of fused-ring (bicyclic) bond motifs is 2. The Bertz CT molecular complexity index is 1080. The van der Waals surface area contributed by atoms with Crippen LogP contribution < -0.4 is 10.2 Å². The van der Waals surface area contributed by atoms with Crippen LogP contribution in [0.5, 0.6) is 0 Å². The summed E-state index contributed by atoms with van der Waals surface area (Å²) >= 11 is 0. The zero-order chi connectivity index (χ0) is 22.5. The van der Waals surface area contributed by atoms with Crippen LogP contribution in [0.2, 0.25) is 0 Å². The minimum atomic E-state index is -4.44. The first kappa shape index (κ1) is 20.8. The first-order valence-electron chi connectivity index (χ1n) is 10.3. The number of rotatable bonds is 5. The van der Waals surface area contributed by atoms with Gasteiger partial charge in [0.05, 0.1) is 24.3 Å². The molecule has 0 bridgehead atoms. The second kappa shape index (κ2) is 7.82. The van der Waals surface area contributed by atoms with E-state index in [9.17, 15) is 22.0 Å². The van der Waals surface area contributed by atoms with Gasteiger partial charge in [-0.3, -0.25) is 0 Å². The summed E-state index contributed by atoms with van der Waals surface area (Å²) in [4.78, 5) is 14.3. The summed E-state index contributed by atoms with van der Waals surface area (Å²) in [5.41, 5.74) is 0.577. The third-order valence-electron chi connectivity index (χ3n) is 6.16. The third kappa shape index (κ3) is 4.05. The highest BCUT2D eigenvalue weighted by molar-refractivity contribution is 5.71. The number of anilines is 2. The zero-order valence-corrected chi connectivity index (χ0v) is 16.8. The molecule has 1 N–H and O–H groups in total. The molecule has 0 aromatic carbocycles. The van der Waals surface area contributed by atoms with Crippen LogP contribution in [-0.4, -0.2) is 50.3 Å². The van der Waals surface area contributed by atoms with Crippen molar-refractivity contribution in [2.45, 2.75) is 38.0 Å². The van der Waals surface area contributed by atoms with Crippen LogP contribution in [-0.2, 0) is 12.7 Å². The van der Waals surface area contributed by atoms with Gasteiger partial charge in [0.1, 0.15) is 23.6 Å². The molecule has 1 saturated heterocycles. The highest BCUT2D eigenvalue weighted by Crippen LogP contribution is 2.41. The molecule has 1 saturated carbocycles. The van der Waals surface area contributed by atoms with Crippen LogP contribution in [0.1, 0.15) is 18.5 Å². The molecular weight excluding hydrogens is 433 g/mol.